The number of hydrogen-bond acceptors (Lipinski definition) is 4. The molecule has 0 saturated heterocycles. The first-order valence-electron chi connectivity index (χ1n) is 4.71. The van der Waals surface area contributed by atoms with E-state index in [1.54, 1.807) is 13.4 Å². The lowest BCUT2D eigenvalue weighted by molar-refractivity contribution is 0.141. The van der Waals surface area contributed by atoms with Crippen LogP contribution >= 0.6 is 0 Å². The number of nitrogens with two attached hydrogens (primary N) is 1. The van der Waals surface area contributed by atoms with E-state index in [4.69, 9.17) is 15.1 Å². The molecule has 0 radical (unpaired) electrons. The fourth-order valence-electron chi connectivity index (χ4n) is 1.58. The van der Waals surface area contributed by atoms with E-state index in [1.165, 1.54) is 0 Å². The summed E-state index contributed by atoms with van der Waals surface area (Å²) >= 11 is 0. The number of methoxy groups -OCH3 is 1. The molecule has 1 aromatic heterocycles. The molecular formula is C11H13NO3. The third-order valence-electron chi connectivity index (χ3n) is 2.31. The van der Waals surface area contributed by atoms with Gasteiger partial charge in [0.05, 0.1) is 20.0 Å². The minimum Gasteiger partial charge on any atom is -0.493 e. The SMILES string of the molecule is COc1cc(CCON)cc2ccoc12. The highest BCUT2D eigenvalue weighted by Gasteiger charge is 2.07. The summed E-state index contributed by atoms with van der Waals surface area (Å²) in [6.45, 7) is 0.493. The molecule has 80 valence electrons. The molecule has 2 aromatic rings. The maximum absolute atomic E-state index is 5.32. The van der Waals surface area contributed by atoms with Gasteiger partial charge in [0.25, 0.3) is 0 Å². The Balaban J connectivity index is 2.40. The molecule has 0 unspecified atom stereocenters. The monoisotopic (exact) mass is 207 g/mol. The van der Waals surface area contributed by atoms with Crippen molar-refractivity contribution in [2.75, 3.05) is 13.7 Å². The summed E-state index contributed by atoms with van der Waals surface area (Å²) in [5.41, 5.74) is 1.89. The van der Waals surface area contributed by atoms with Crippen molar-refractivity contribution in [3.05, 3.63) is 30.0 Å². The summed E-state index contributed by atoms with van der Waals surface area (Å²) in [4.78, 5) is 4.55. The van der Waals surface area contributed by atoms with Gasteiger partial charge in [-0.05, 0) is 30.2 Å². The molecule has 1 heterocycles. The Kier molecular flexibility index (Phi) is 2.89. The Hall–Kier alpha value is -1.52. The highest BCUT2D eigenvalue weighted by atomic mass is 16.6. The minimum absolute atomic E-state index is 0.493. The summed E-state index contributed by atoms with van der Waals surface area (Å²) in [6.07, 6.45) is 2.41. The molecule has 0 aliphatic heterocycles. The van der Waals surface area contributed by atoms with Crippen LogP contribution in [0.3, 0.4) is 0 Å². The molecule has 0 aliphatic carbocycles. The van der Waals surface area contributed by atoms with Crippen molar-refractivity contribution in [1.82, 2.24) is 0 Å². The van der Waals surface area contributed by atoms with Crippen molar-refractivity contribution >= 4 is 11.0 Å². The van der Waals surface area contributed by atoms with E-state index in [-0.39, 0.29) is 0 Å². The predicted molar refractivity (Wildman–Crippen MR) is 56.6 cm³/mol. The first-order chi connectivity index (χ1) is 7.35. The standard InChI is InChI=1S/C11H13NO3/c1-13-10-7-8(2-5-15-12)6-9-3-4-14-11(9)10/h3-4,6-7H,2,5,12H2,1H3. The maximum Gasteiger partial charge on any atom is 0.175 e. The number of furan rings is 1. The van der Waals surface area contributed by atoms with Crippen LogP contribution in [0.2, 0.25) is 0 Å². The number of hydrogen-bond donors (Lipinski definition) is 1. The van der Waals surface area contributed by atoms with Gasteiger partial charge in [-0.3, -0.25) is 0 Å². The Morgan fingerprint density at radius 3 is 3.00 bits per heavy atom. The van der Waals surface area contributed by atoms with Crippen molar-refractivity contribution in [1.29, 1.82) is 0 Å². The summed E-state index contributed by atoms with van der Waals surface area (Å²) in [5, 5.41) is 1.03. The van der Waals surface area contributed by atoms with Crippen LogP contribution in [0, 0.1) is 0 Å². The first-order valence-corrected chi connectivity index (χ1v) is 4.71. The molecule has 2 N–H and O–H groups in total. The second-order valence-corrected chi connectivity index (χ2v) is 3.26. The fourth-order valence-corrected chi connectivity index (χ4v) is 1.58. The highest BCUT2D eigenvalue weighted by Crippen LogP contribution is 2.28. The molecule has 15 heavy (non-hydrogen) atoms. The minimum atomic E-state index is 0.493. The molecule has 0 amide bonds. The highest BCUT2D eigenvalue weighted by molar-refractivity contribution is 5.83. The van der Waals surface area contributed by atoms with Crippen LogP contribution in [-0.2, 0) is 11.3 Å². The Morgan fingerprint density at radius 2 is 2.27 bits per heavy atom. The van der Waals surface area contributed by atoms with Crippen LogP contribution in [0.15, 0.2) is 28.9 Å². The molecule has 0 atom stereocenters. The number of rotatable bonds is 4. The van der Waals surface area contributed by atoms with E-state index in [1.807, 2.05) is 18.2 Å². The Bertz CT molecular complexity index is 450. The average Bonchev–Trinajstić information content (AvgIpc) is 2.73. The summed E-state index contributed by atoms with van der Waals surface area (Å²) in [6, 6.07) is 5.88. The summed E-state index contributed by atoms with van der Waals surface area (Å²) < 4.78 is 10.6. The van der Waals surface area contributed by atoms with Crippen molar-refractivity contribution < 1.29 is 14.0 Å². The van der Waals surface area contributed by atoms with E-state index in [0.29, 0.717) is 6.61 Å². The third kappa shape index (κ3) is 1.95. The lowest BCUT2D eigenvalue weighted by Gasteiger charge is -2.05. The lowest BCUT2D eigenvalue weighted by atomic mass is 10.1. The largest absolute Gasteiger partial charge is 0.493 e. The van der Waals surface area contributed by atoms with E-state index >= 15 is 0 Å². The molecule has 2 rings (SSSR count). The van der Waals surface area contributed by atoms with Crippen molar-refractivity contribution in [3.63, 3.8) is 0 Å². The van der Waals surface area contributed by atoms with E-state index in [0.717, 1.165) is 28.7 Å². The molecule has 0 fully saturated rings. The molecule has 4 nitrogen and oxygen atoms in total. The van der Waals surface area contributed by atoms with Crippen LogP contribution in [0.5, 0.6) is 5.75 Å². The second kappa shape index (κ2) is 4.33. The van der Waals surface area contributed by atoms with E-state index < -0.39 is 0 Å². The van der Waals surface area contributed by atoms with Crippen molar-refractivity contribution in [2.45, 2.75) is 6.42 Å². The Morgan fingerprint density at radius 1 is 1.40 bits per heavy atom. The molecule has 0 aliphatic rings. The number of ether oxygens (including phenoxy) is 1. The van der Waals surface area contributed by atoms with Gasteiger partial charge in [-0.1, -0.05) is 0 Å². The average molecular weight is 207 g/mol. The second-order valence-electron chi connectivity index (χ2n) is 3.26. The van der Waals surface area contributed by atoms with E-state index in [2.05, 4.69) is 4.84 Å². The fraction of sp³-hybridized carbons (Fsp3) is 0.273. The first kappa shape index (κ1) is 10.0. The van der Waals surface area contributed by atoms with Gasteiger partial charge in [-0.2, -0.15) is 0 Å². The molecular weight excluding hydrogens is 194 g/mol. The van der Waals surface area contributed by atoms with Crippen LogP contribution in [-0.4, -0.2) is 13.7 Å². The van der Waals surface area contributed by atoms with Gasteiger partial charge < -0.3 is 14.0 Å². The van der Waals surface area contributed by atoms with Gasteiger partial charge >= 0.3 is 0 Å². The van der Waals surface area contributed by atoms with Crippen LogP contribution < -0.4 is 10.6 Å². The smallest absolute Gasteiger partial charge is 0.175 e. The molecule has 0 spiro atoms. The topological polar surface area (TPSA) is 57.6 Å². The maximum atomic E-state index is 5.32. The Labute approximate surface area is 87.5 Å². The van der Waals surface area contributed by atoms with Gasteiger partial charge in [0.2, 0.25) is 0 Å². The number of fused-ring (bicyclic) bond motifs is 1. The number of benzene rings is 1. The van der Waals surface area contributed by atoms with Gasteiger partial charge in [0, 0.05) is 5.39 Å². The summed E-state index contributed by atoms with van der Waals surface area (Å²) in [5.74, 6) is 5.73. The van der Waals surface area contributed by atoms with Crippen LogP contribution in [0.25, 0.3) is 11.0 Å². The zero-order chi connectivity index (χ0) is 10.7. The normalized spacial score (nSPS) is 10.8. The zero-order valence-corrected chi connectivity index (χ0v) is 8.53. The van der Waals surface area contributed by atoms with Crippen LogP contribution in [0.4, 0.5) is 0 Å². The van der Waals surface area contributed by atoms with Crippen molar-refractivity contribution in [3.8, 4) is 5.75 Å². The van der Waals surface area contributed by atoms with Gasteiger partial charge in [0.15, 0.2) is 11.3 Å². The van der Waals surface area contributed by atoms with Crippen molar-refractivity contribution in [2.24, 2.45) is 5.90 Å². The van der Waals surface area contributed by atoms with E-state index in [9.17, 15) is 0 Å². The molecule has 4 heteroatoms. The summed E-state index contributed by atoms with van der Waals surface area (Å²) in [7, 11) is 1.63. The third-order valence-corrected chi connectivity index (χ3v) is 2.31. The zero-order valence-electron chi connectivity index (χ0n) is 8.53. The lowest BCUT2D eigenvalue weighted by Crippen LogP contribution is -2.03. The van der Waals surface area contributed by atoms with Gasteiger partial charge in [0.1, 0.15) is 0 Å². The van der Waals surface area contributed by atoms with Crippen LogP contribution in [0.1, 0.15) is 5.56 Å². The molecule has 0 saturated carbocycles. The molecule has 1 aromatic carbocycles. The molecule has 0 bridgehead atoms. The quantitative estimate of drug-likeness (QED) is 0.777. The predicted octanol–water partition coefficient (Wildman–Crippen LogP) is 1.87. The van der Waals surface area contributed by atoms with Gasteiger partial charge in [-0.25, -0.2) is 5.90 Å². The van der Waals surface area contributed by atoms with Gasteiger partial charge in [-0.15, -0.1) is 0 Å².